The summed E-state index contributed by atoms with van der Waals surface area (Å²) in [4.78, 5) is 0. The Bertz CT molecular complexity index is 179. The zero-order valence-electron chi connectivity index (χ0n) is 9.42. The SMILES string of the molecule is C/C(N)=N\NC(C)CCC1CCCC1. The van der Waals surface area contributed by atoms with Crippen molar-refractivity contribution in [1.29, 1.82) is 0 Å². The summed E-state index contributed by atoms with van der Waals surface area (Å²) in [6, 6.07) is 0.453. The number of nitrogens with two attached hydrogens (primary N) is 1. The van der Waals surface area contributed by atoms with E-state index in [1.165, 1.54) is 38.5 Å². The number of nitrogens with one attached hydrogen (secondary N) is 1. The van der Waals surface area contributed by atoms with Crippen molar-refractivity contribution in [3.05, 3.63) is 0 Å². The van der Waals surface area contributed by atoms with Crippen molar-refractivity contribution < 1.29 is 0 Å². The Hall–Kier alpha value is -0.730. The molecule has 0 aromatic heterocycles. The minimum Gasteiger partial charge on any atom is -0.386 e. The van der Waals surface area contributed by atoms with Crippen LogP contribution in [0.5, 0.6) is 0 Å². The molecule has 1 fully saturated rings. The summed E-state index contributed by atoms with van der Waals surface area (Å²) in [6.45, 7) is 3.97. The Morgan fingerprint density at radius 3 is 2.71 bits per heavy atom. The Balaban J connectivity index is 2.07. The zero-order chi connectivity index (χ0) is 10.4. The molecular weight excluding hydrogens is 174 g/mol. The van der Waals surface area contributed by atoms with Crippen molar-refractivity contribution in [2.24, 2.45) is 16.8 Å². The number of amidine groups is 1. The summed E-state index contributed by atoms with van der Waals surface area (Å²) < 4.78 is 0. The van der Waals surface area contributed by atoms with Gasteiger partial charge in [0.1, 0.15) is 5.84 Å². The first kappa shape index (κ1) is 11.3. The number of hydrazone groups is 1. The van der Waals surface area contributed by atoms with Crippen LogP contribution in [0.15, 0.2) is 5.10 Å². The van der Waals surface area contributed by atoms with Gasteiger partial charge in [0, 0.05) is 6.04 Å². The van der Waals surface area contributed by atoms with E-state index in [4.69, 9.17) is 5.73 Å². The molecule has 3 heteroatoms. The average Bonchev–Trinajstić information content (AvgIpc) is 2.63. The molecule has 0 saturated heterocycles. The molecule has 3 nitrogen and oxygen atoms in total. The highest BCUT2D eigenvalue weighted by Crippen LogP contribution is 2.28. The first-order valence-corrected chi connectivity index (χ1v) is 5.73. The van der Waals surface area contributed by atoms with Crippen LogP contribution in [0.3, 0.4) is 0 Å². The fraction of sp³-hybridized carbons (Fsp3) is 0.909. The molecule has 3 N–H and O–H groups in total. The van der Waals surface area contributed by atoms with Crippen LogP contribution in [0.2, 0.25) is 0 Å². The monoisotopic (exact) mass is 197 g/mol. The molecule has 1 rings (SSSR count). The van der Waals surface area contributed by atoms with E-state index in [0.717, 1.165) is 5.92 Å². The predicted molar refractivity (Wildman–Crippen MR) is 61.1 cm³/mol. The summed E-state index contributed by atoms with van der Waals surface area (Å²) in [5.74, 6) is 1.58. The molecule has 1 aliphatic rings. The molecule has 14 heavy (non-hydrogen) atoms. The Kier molecular flexibility index (Phi) is 4.77. The molecule has 82 valence electrons. The maximum atomic E-state index is 5.45. The lowest BCUT2D eigenvalue weighted by Crippen LogP contribution is -2.24. The van der Waals surface area contributed by atoms with E-state index in [-0.39, 0.29) is 0 Å². The van der Waals surface area contributed by atoms with Gasteiger partial charge in [-0.25, -0.2) is 0 Å². The molecule has 0 aliphatic heterocycles. The van der Waals surface area contributed by atoms with Gasteiger partial charge in [-0.2, -0.15) is 5.10 Å². The van der Waals surface area contributed by atoms with Gasteiger partial charge in [0.25, 0.3) is 0 Å². The maximum absolute atomic E-state index is 5.45. The highest BCUT2D eigenvalue weighted by atomic mass is 15.3. The van der Waals surface area contributed by atoms with Crippen LogP contribution in [0.4, 0.5) is 0 Å². The van der Waals surface area contributed by atoms with Crippen molar-refractivity contribution in [3.8, 4) is 0 Å². The van der Waals surface area contributed by atoms with Gasteiger partial charge in [0.05, 0.1) is 0 Å². The molecule has 0 heterocycles. The largest absolute Gasteiger partial charge is 0.386 e. The minimum absolute atomic E-state index is 0.453. The molecule has 0 aromatic carbocycles. The fourth-order valence-corrected chi connectivity index (χ4v) is 2.06. The number of nitrogens with zero attached hydrogens (tertiary/aromatic N) is 1. The van der Waals surface area contributed by atoms with Crippen molar-refractivity contribution in [2.75, 3.05) is 0 Å². The number of hydrogen-bond acceptors (Lipinski definition) is 2. The van der Waals surface area contributed by atoms with E-state index in [1.54, 1.807) is 6.92 Å². The van der Waals surface area contributed by atoms with Gasteiger partial charge >= 0.3 is 0 Å². The lowest BCUT2D eigenvalue weighted by Gasteiger charge is -2.14. The first-order valence-electron chi connectivity index (χ1n) is 5.73. The van der Waals surface area contributed by atoms with Crippen LogP contribution in [0.1, 0.15) is 52.4 Å². The zero-order valence-corrected chi connectivity index (χ0v) is 9.42. The topological polar surface area (TPSA) is 50.4 Å². The van der Waals surface area contributed by atoms with Crippen molar-refractivity contribution in [3.63, 3.8) is 0 Å². The molecule has 0 bridgehead atoms. The van der Waals surface area contributed by atoms with Gasteiger partial charge in [-0.05, 0) is 32.6 Å². The highest BCUT2D eigenvalue weighted by molar-refractivity contribution is 5.77. The Morgan fingerprint density at radius 2 is 2.14 bits per heavy atom. The second kappa shape index (κ2) is 5.89. The van der Waals surface area contributed by atoms with Gasteiger partial charge in [-0.15, -0.1) is 0 Å². The first-order chi connectivity index (χ1) is 6.68. The summed E-state index contributed by atoms with van der Waals surface area (Å²) >= 11 is 0. The normalized spacial score (nSPS) is 21.1. The smallest absolute Gasteiger partial charge is 0.116 e. The molecule has 0 spiro atoms. The second-order valence-corrected chi connectivity index (χ2v) is 4.51. The van der Waals surface area contributed by atoms with E-state index in [9.17, 15) is 0 Å². The van der Waals surface area contributed by atoms with E-state index in [0.29, 0.717) is 11.9 Å². The minimum atomic E-state index is 0.453. The highest BCUT2D eigenvalue weighted by Gasteiger charge is 2.15. The fourth-order valence-electron chi connectivity index (χ4n) is 2.06. The molecule has 1 atom stereocenters. The van der Waals surface area contributed by atoms with Crippen molar-refractivity contribution >= 4 is 5.84 Å². The van der Waals surface area contributed by atoms with Gasteiger partial charge < -0.3 is 11.2 Å². The molecular formula is C11H23N3. The van der Waals surface area contributed by atoms with Gasteiger partial charge in [-0.3, -0.25) is 0 Å². The van der Waals surface area contributed by atoms with Crippen LogP contribution in [0.25, 0.3) is 0 Å². The molecule has 0 aromatic rings. The Labute approximate surface area is 87.1 Å². The lowest BCUT2D eigenvalue weighted by atomic mass is 9.99. The third-order valence-electron chi connectivity index (χ3n) is 2.94. The second-order valence-electron chi connectivity index (χ2n) is 4.51. The molecule has 0 amide bonds. The summed E-state index contributed by atoms with van der Waals surface area (Å²) in [5, 5.41) is 4.01. The molecule has 1 unspecified atom stereocenters. The van der Waals surface area contributed by atoms with Crippen LogP contribution in [0, 0.1) is 5.92 Å². The lowest BCUT2D eigenvalue weighted by molar-refractivity contribution is 0.425. The van der Waals surface area contributed by atoms with E-state index in [1.807, 2.05) is 0 Å². The van der Waals surface area contributed by atoms with Crippen LogP contribution >= 0.6 is 0 Å². The quantitative estimate of drug-likeness (QED) is 0.403. The van der Waals surface area contributed by atoms with E-state index < -0.39 is 0 Å². The van der Waals surface area contributed by atoms with Gasteiger partial charge in [-0.1, -0.05) is 25.7 Å². The van der Waals surface area contributed by atoms with Crippen LogP contribution < -0.4 is 11.2 Å². The Morgan fingerprint density at radius 1 is 1.50 bits per heavy atom. The van der Waals surface area contributed by atoms with E-state index >= 15 is 0 Å². The summed E-state index contributed by atoms with van der Waals surface area (Å²) in [7, 11) is 0. The van der Waals surface area contributed by atoms with Crippen LogP contribution in [-0.2, 0) is 0 Å². The predicted octanol–water partition coefficient (Wildman–Crippen LogP) is 2.23. The third kappa shape index (κ3) is 4.49. The molecule has 0 radical (unpaired) electrons. The maximum Gasteiger partial charge on any atom is 0.116 e. The van der Waals surface area contributed by atoms with Crippen LogP contribution in [-0.4, -0.2) is 11.9 Å². The number of rotatable bonds is 5. The van der Waals surface area contributed by atoms with Gasteiger partial charge in [0.15, 0.2) is 0 Å². The summed E-state index contributed by atoms with van der Waals surface area (Å²) in [6.07, 6.45) is 8.30. The third-order valence-corrected chi connectivity index (χ3v) is 2.94. The number of hydrogen-bond donors (Lipinski definition) is 2. The standard InChI is InChI=1S/C11H23N3/c1-9(13-14-10(2)12)7-8-11-5-3-4-6-11/h9,11,13H,3-8H2,1-2H3,(H2,12,14). The van der Waals surface area contributed by atoms with Crippen molar-refractivity contribution in [2.45, 2.75) is 58.4 Å². The average molecular weight is 197 g/mol. The van der Waals surface area contributed by atoms with E-state index in [2.05, 4.69) is 17.5 Å². The summed E-state index contributed by atoms with van der Waals surface area (Å²) in [5.41, 5.74) is 8.52. The molecule has 1 saturated carbocycles. The van der Waals surface area contributed by atoms with Gasteiger partial charge in [0.2, 0.25) is 0 Å². The van der Waals surface area contributed by atoms with Crippen molar-refractivity contribution in [1.82, 2.24) is 5.43 Å². The molecule has 1 aliphatic carbocycles.